The number of hydrogen-bond acceptors (Lipinski definition) is 3. The number of halogens is 1. The van der Waals surface area contributed by atoms with Crippen LogP contribution in [0, 0.1) is 0 Å². The van der Waals surface area contributed by atoms with Gasteiger partial charge in [-0.25, -0.2) is 8.42 Å². The molecule has 0 spiro atoms. The highest BCUT2D eigenvalue weighted by atomic mass is 35.5. The Hall–Kier alpha value is -1.50. The zero-order valence-corrected chi connectivity index (χ0v) is 13.1. The lowest BCUT2D eigenvalue weighted by Crippen LogP contribution is -2.37. The van der Waals surface area contributed by atoms with Gasteiger partial charge in [0.05, 0.1) is 23.6 Å². The lowest BCUT2D eigenvalue weighted by atomic mass is 10.3. The van der Waals surface area contributed by atoms with Crippen LogP contribution in [0.1, 0.15) is 5.69 Å². The molecule has 3 rings (SSSR count). The molecule has 1 aliphatic rings. The number of fused-ring (bicyclic) bond motifs is 1. The van der Waals surface area contributed by atoms with Crippen molar-refractivity contribution in [3.8, 4) is 5.75 Å². The molecule has 21 heavy (non-hydrogen) atoms. The fraction of sp³-hybridized carbons (Fsp3) is 0.286. The summed E-state index contributed by atoms with van der Waals surface area (Å²) in [5.41, 5.74) is 0.990. The summed E-state index contributed by atoms with van der Waals surface area (Å²) in [6.07, 6.45) is 1.96. The maximum Gasteiger partial charge on any atom is 0.243 e. The van der Waals surface area contributed by atoms with Gasteiger partial charge in [0.15, 0.2) is 0 Å². The summed E-state index contributed by atoms with van der Waals surface area (Å²) in [5.74, 6) is 0.461. The largest absolute Gasteiger partial charge is 0.495 e. The molecule has 1 aromatic heterocycles. The van der Waals surface area contributed by atoms with Crippen LogP contribution in [0.5, 0.6) is 5.75 Å². The summed E-state index contributed by atoms with van der Waals surface area (Å²) >= 11 is 6.03. The zero-order chi connectivity index (χ0) is 15.0. The monoisotopic (exact) mass is 326 g/mol. The fourth-order valence-corrected chi connectivity index (χ4v) is 4.20. The van der Waals surface area contributed by atoms with Crippen LogP contribution in [0.4, 0.5) is 0 Å². The van der Waals surface area contributed by atoms with Crippen molar-refractivity contribution >= 4 is 21.6 Å². The van der Waals surface area contributed by atoms with Crippen LogP contribution < -0.4 is 4.74 Å². The van der Waals surface area contributed by atoms with Crippen LogP contribution in [0.25, 0.3) is 0 Å². The van der Waals surface area contributed by atoms with Crippen molar-refractivity contribution in [2.24, 2.45) is 0 Å². The highest BCUT2D eigenvalue weighted by Crippen LogP contribution is 2.29. The number of nitrogens with zero attached hydrogens (tertiary/aromatic N) is 2. The molecule has 0 saturated heterocycles. The second-order valence-corrected chi connectivity index (χ2v) is 7.17. The molecule has 7 heteroatoms. The van der Waals surface area contributed by atoms with Crippen molar-refractivity contribution in [3.05, 3.63) is 47.2 Å². The van der Waals surface area contributed by atoms with Gasteiger partial charge < -0.3 is 9.30 Å². The van der Waals surface area contributed by atoms with Gasteiger partial charge in [-0.15, -0.1) is 0 Å². The first-order valence-corrected chi connectivity index (χ1v) is 8.32. The Morgan fingerprint density at radius 2 is 2.05 bits per heavy atom. The fourth-order valence-electron chi connectivity index (χ4n) is 2.45. The molecule has 2 heterocycles. The van der Waals surface area contributed by atoms with Gasteiger partial charge in [0.1, 0.15) is 5.75 Å². The number of ether oxygens (including phenoxy) is 1. The molecule has 0 saturated carbocycles. The molecular weight excluding hydrogens is 312 g/mol. The topological polar surface area (TPSA) is 51.5 Å². The summed E-state index contributed by atoms with van der Waals surface area (Å²) in [4.78, 5) is 0.188. The average Bonchev–Trinajstić information content (AvgIpc) is 2.94. The second-order valence-electron chi connectivity index (χ2n) is 4.83. The molecule has 0 amide bonds. The van der Waals surface area contributed by atoms with E-state index in [2.05, 4.69) is 4.57 Å². The van der Waals surface area contributed by atoms with E-state index in [1.54, 1.807) is 6.07 Å². The minimum Gasteiger partial charge on any atom is -0.495 e. The molecule has 0 radical (unpaired) electrons. The van der Waals surface area contributed by atoms with Crippen LogP contribution in [0.3, 0.4) is 0 Å². The standard InChI is InChI=1S/C14H15ClN2O3S/c1-20-14-5-4-12(9-13(14)15)21(18,19)17-8-7-16-6-2-3-11(16)10-17/h2-6,9H,7-8,10H2,1H3. The van der Waals surface area contributed by atoms with Crippen LogP contribution in [0.15, 0.2) is 41.4 Å². The molecule has 1 aromatic carbocycles. The third-order valence-electron chi connectivity index (χ3n) is 3.61. The molecule has 1 aliphatic heterocycles. The predicted octanol–water partition coefficient (Wildman–Crippen LogP) is 2.35. The van der Waals surface area contributed by atoms with Crippen molar-refractivity contribution in [3.63, 3.8) is 0 Å². The van der Waals surface area contributed by atoms with Crippen molar-refractivity contribution in [1.82, 2.24) is 8.87 Å². The van der Waals surface area contributed by atoms with Gasteiger partial charge in [0.2, 0.25) is 10.0 Å². The maximum absolute atomic E-state index is 12.7. The number of rotatable bonds is 3. The van der Waals surface area contributed by atoms with Gasteiger partial charge in [-0.1, -0.05) is 11.6 Å². The minimum atomic E-state index is -3.55. The first-order chi connectivity index (χ1) is 10.0. The van der Waals surface area contributed by atoms with Crippen LogP contribution in [-0.4, -0.2) is 30.9 Å². The Morgan fingerprint density at radius 3 is 2.76 bits per heavy atom. The summed E-state index contributed by atoms with van der Waals surface area (Å²) in [5, 5.41) is 0.291. The molecule has 0 aliphatic carbocycles. The molecule has 0 fully saturated rings. The maximum atomic E-state index is 12.7. The number of benzene rings is 1. The summed E-state index contributed by atoms with van der Waals surface area (Å²) in [7, 11) is -2.06. The molecular formula is C14H15ClN2O3S. The van der Waals surface area contributed by atoms with Crippen molar-refractivity contribution in [1.29, 1.82) is 0 Å². The smallest absolute Gasteiger partial charge is 0.243 e. The Balaban J connectivity index is 1.93. The van der Waals surface area contributed by atoms with E-state index < -0.39 is 10.0 Å². The van der Waals surface area contributed by atoms with Gasteiger partial charge in [0, 0.05) is 25.0 Å². The Bertz CT molecular complexity index is 770. The summed E-state index contributed by atoms with van der Waals surface area (Å²) in [6, 6.07) is 8.39. The third kappa shape index (κ3) is 2.54. The Labute approximate surface area is 128 Å². The molecule has 0 bridgehead atoms. The third-order valence-corrected chi connectivity index (χ3v) is 5.75. The van der Waals surface area contributed by atoms with E-state index in [9.17, 15) is 8.42 Å². The zero-order valence-electron chi connectivity index (χ0n) is 11.5. The molecule has 5 nitrogen and oxygen atoms in total. The quantitative estimate of drug-likeness (QED) is 0.870. The molecule has 0 unspecified atom stereocenters. The number of aromatic nitrogens is 1. The first kappa shape index (κ1) is 14.4. The Morgan fingerprint density at radius 1 is 1.24 bits per heavy atom. The molecule has 2 aromatic rings. The van der Waals surface area contributed by atoms with Crippen molar-refractivity contribution in [2.45, 2.75) is 18.0 Å². The Kier molecular flexibility index (Phi) is 3.69. The lowest BCUT2D eigenvalue weighted by Gasteiger charge is -2.28. The molecule has 0 atom stereocenters. The van der Waals surface area contributed by atoms with E-state index in [-0.39, 0.29) is 4.90 Å². The minimum absolute atomic E-state index is 0.188. The van der Waals surface area contributed by atoms with E-state index >= 15 is 0 Å². The number of hydrogen-bond donors (Lipinski definition) is 0. The van der Waals surface area contributed by atoms with Gasteiger partial charge in [-0.05, 0) is 30.3 Å². The van der Waals surface area contributed by atoms with Gasteiger partial charge >= 0.3 is 0 Å². The van der Waals surface area contributed by atoms with Crippen LogP contribution >= 0.6 is 11.6 Å². The summed E-state index contributed by atoms with van der Waals surface area (Å²) in [6.45, 7) is 1.48. The second kappa shape index (κ2) is 5.36. The van der Waals surface area contributed by atoms with Crippen molar-refractivity contribution < 1.29 is 13.2 Å². The van der Waals surface area contributed by atoms with Gasteiger partial charge in [-0.3, -0.25) is 0 Å². The van der Waals surface area contributed by atoms with Gasteiger partial charge in [-0.2, -0.15) is 4.31 Å². The van der Waals surface area contributed by atoms with E-state index in [1.807, 2.05) is 18.3 Å². The van der Waals surface area contributed by atoms with Crippen molar-refractivity contribution in [2.75, 3.05) is 13.7 Å². The van der Waals surface area contributed by atoms with E-state index in [0.717, 1.165) is 5.69 Å². The highest BCUT2D eigenvalue weighted by Gasteiger charge is 2.28. The normalized spacial score (nSPS) is 15.7. The number of sulfonamides is 1. The van der Waals surface area contributed by atoms with Crippen LogP contribution in [0.2, 0.25) is 5.02 Å². The lowest BCUT2D eigenvalue weighted by molar-refractivity contribution is 0.341. The van der Waals surface area contributed by atoms with E-state index in [0.29, 0.717) is 30.4 Å². The first-order valence-electron chi connectivity index (χ1n) is 6.50. The van der Waals surface area contributed by atoms with E-state index in [4.69, 9.17) is 16.3 Å². The highest BCUT2D eigenvalue weighted by molar-refractivity contribution is 7.89. The predicted molar refractivity (Wildman–Crippen MR) is 80.0 cm³/mol. The average molecular weight is 327 g/mol. The molecule has 0 N–H and O–H groups in total. The SMILES string of the molecule is COc1ccc(S(=O)(=O)N2CCn3cccc3C2)cc1Cl. The van der Waals surface area contributed by atoms with Crippen LogP contribution in [-0.2, 0) is 23.1 Å². The number of methoxy groups -OCH3 is 1. The van der Waals surface area contributed by atoms with E-state index in [1.165, 1.54) is 23.5 Å². The molecule has 112 valence electrons. The summed E-state index contributed by atoms with van der Waals surface area (Å²) < 4.78 is 34.0. The van der Waals surface area contributed by atoms with Gasteiger partial charge in [0.25, 0.3) is 0 Å².